The lowest BCUT2D eigenvalue weighted by Crippen LogP contribution is -2.40. The van der Waals surface area contributed by atoms with Crippen LogP contribution >= 0.6 is 0 Å². The summed E-state index contributed by atoms with van der Waals surface area (Å²) in [5.41, 5.74) is -1.94. The van der Waals surface area contributed by atoms with Gasteiger partial charge in [-0.15, -0.1) is 0 Å². The minimum atomic E-state index is -5.94. The molecule has 1 aromatic rings. The van der Waals surface area contributed by atoms with Gasteiger partial charge in [0, 0.05) is 12.3 Å². The van der Waals surface area contributed by atoms with Gasteiger partial charge in [-0.3, -0.25) is 0 Å². The van der Waals surface area contributed by atoms with Gasteiger partial charge in [0.05, 0.1) is 5.25 Å². The Morgan fingerprint density at radius 3 is 2.18 bits per heavy atom. The van der Waals surface area contributed by atoms with Crippen molar-refractivity contribution in [3.8, 4) is 0 Å². The minimum Gasteiger partial charge on any atom is -0.744 e. The van der Waals surface area contributed by atoms with Gasteiger partial charge in [-0.25, -0.2) is 35.0 Å². The number of halogens is 4. The third-order valence-electron chi connectivity index (χ3n) is 5.31. The second kappa shape index (κ2) is 5.64. The van der Waals surface area contributed by atoms with Gasteiger partial charge >= 0.3 is 5.97 Å². The van der Waals surface area contributed by atoms with Crippen LogP contribution in [0, 0.1) is 35.1 Å². The first kappa shape index (κ1) is 19.5. The quantitative estimate of drug-likeness (QED) is 0.223. The van der Waals surface area contributed by atoms with Crippen molar-refractivity contribution in [3.63, 3.8) is 0 Å². The standard InChI is InChI=1S/C14H10F4O8S2/c15-8-7(9(16)11(18)12(10(8)17)27(20,21)22)13(19)25-14-3-4-1-5(14)6(2-4)28(23,24)26-14/h4-6H,1-3H2,(H,20,21,22)/p-1. The summed E-state index contributed by atoms with van der Waals surface area (Å²) in [6.07, 6.45) is 0.465. The van der Waals surface area contributed by atoms with E-state index in [2.05, 4.69) is 0 Å². The fraction of sp³-hybridized carbons (Fsp3) is 0.500. The van der Waals surface area contributed by atoms with E-state index in [1.165, 1.54) is 0 Å². The van der Waals surface area contributed by atoms with Crippen LogP contribution < -0.4 is 0 Å². The number of hydrogen-bond acceptors (Lipinski definition) is 8. The third-order valence-corrected chi connectivity index (χ3v) is 7.95. The molecule has 2 aliphatic carbocycles. The summed E-state index contributed by atoms with van der Waals surface area (Å²) in [5.74, 6) is -15.2. The summed E-state index contributed by atoms with van der Waals surface area (Å²) < 4.78 is 122. The van der Waals surface area contributed by atoms with Crippen molar-refractivity contribution in [2.75, 3.05) is 0 Å². The van der Waals surface area contributed by atoms with Crippen molar-refractivity contribution in [3.05, 3.63) is 28.8 Å². The summed E-state index contributed by atoms with van der Waals surface area (Å²) in [5, 5.41) is -0.977. The van der Waals surface area contributed by atoms with Crippen LogP contribution in [0.15, 0.2) is 4.90 Å². The molecule has 2 saturated carbocycles. The Morgan fingerprint density at radius 1 is 1.11 bits per heavy atom. The molecule has 0 amide bonds. The molecule has 0 radical (unpaired) electrons. The number of hydrogen-bond donors (Lipinski definition) is 0. The molecule has 4 atom stereocenters. The van der Waals surface area contributed by atoms with Crippen LogP contribution in [0.25, 0.3) is 0 Å². The Balaban J connectivity index is 1.77. The molecule has 0 N–H and O–H groups in total. The highest BCUT2D eigenvalue weighted by Gasteiger charge is 2.70. The van der Waals surface area contributed by atoms with Crippen LogP contribution in [0.5, 0.6) is 0 Å². The van der Waals surface area contributed by atoms with E-state index in [0.717, 1.165) is 0 Å². The number of rotatable bonds is 3. The average Bonchev–Trinajstić information content (AvgIpc) is 3.12. The smallest absolute Gasteiger partial charge is 0.346 e. The van der Waals surface area contributed by atoms with Gasteiger partial charge in [-0.1, -0.05) is 0 Å². The first-order valence-corrected chi connectivity index (χ1v) is 10.7. The molecule has 4 unspecified atom stereocenters. The lowest BCUT2D eigenvalue weighted by atomic mass is 9.93. The Labute approximate surface area is 155 Å². The van der Waals surface area contributed by atoms with Crippen LogP contribution in [0.2, 0.25) is 0 Å². The van der Waals surface area contributed by atoms with E-state index < -0.39 is 76.9 Å². The van der Waals surface area contributed by atoms with E-state index >= 15 is 0 Å². The minimum absolute atomic E-state index is 0.0969. The SMILES string of the molecule is O=C(OC12CC3CC1C(C3)S(=O)(=O)O2)c1c(F)c(F)c(S(=O)(=O)[O-])c(F)c1F. The summed E-state index contributed by atoms with van der Waals surface area (Å²) in [6, 6.07) is 0. The van der Waals surface area contributed by atoms with E-state index in [4.69, 9.17) is 8.92 Å². The first-order chi connectivity index (χ1) is 12.8. The molecule has 0 spiro atoms. The van der Waals surface area contributed by atoms with Gasteiger partial charge in [-0.05, 0) is 18.8 Å². The van der Waals surface area contributed by atoms with Crippen molar-refractivity contribution < 1.29 is 52.7 Å². The molecule has 28 heavy (non-hydrogen) atoms. The molecule has 1 aromatic carbocycles. The van der Waals surface area contributed by atoms with E-state index in [1.807, 2.05) is 0 Å². The topological polar surface area (TPSA) is 127 Å². The van der Waals surface area contributed by atoms with Crippen molar-refractivity contribution in [1.29, 1.82) is 0 Å². The van der Waals surface area contributed by atoms with Gasteiger partial charge in [0.2, 0.25) is 5.79 Å². The van der Waals surface area contributed by atoms with E-state index in [0.29, 0.717) is 6.42 Å². The molecule has 3 aliphatic rings. The highest BCUT2D eigenvalue weighted by molar-refractivity contribution is 7.87. The van der Waals surface area contributed by atoms with Gasteiger partial charge in [-0.2, -0.15) is 8.42 Å². The number of carbonyl (C=O) groups is 1. The molecule has 14 heteroatoms. The van der Waals surface area contributed by atoms with Crippen LogP contribution in [0.3, 0.4) is 0 Å². The fourth-order valence-electron chi connectivity index (χ4n) is 4.31. The normalized spacial score (nSPS) is 32.7. The highest BCUT2D eigenvalue weighted by atomic mass is 32.2. The van der Waals surface area contributed by atoms with Crippen LogP contribution in [-0.2, 0) is 29.2 Å². The predicted octanol–water partition coefficient (Wildman–Crippen LogP) is 1.16. The van der Waals surface area contributed by atoms with E-state index in [1.54, 1.807) is 0 Å². The summed E-state index contributed by atoms with van der Waals surface area (Å²) >= 11 is 0. The molecule has 4 rings (SSSR count). The van der Waals surface area contributed by atoms with Gasteiger partial charge in [0.25, 0.3) is 10.1 Å². The van der Waals surface area contributed by atoms with Crippen molar-refractivity contribution in [1.82, 2.24) is 0 Å². The van der Waals surface area contributed by atoms with Gasteiger partial charge in [0.15, 0.2) is 23.3 Å². The monoisotopic (exact) mass is 445 g/mol. The van der Waals surface area contributed by atoms with E-state index in [-0.39, 0.29) is 18.8 Å². The zero-order chi connectivity index (χ0) is 20.8. The number of esters is 1. The van der Waals surface area contributed by atoms with Crippen molar-refractivity contribution in [2.45, 2.75) is 35.2 Å². The summed E-state index contributed by atoms with van der Waals surface area (Å²) in [6.45, 7) is 0. The Morgan fingerprint density at radius 2 is 1.68 bits per heavy atom. The van der Waals surface area contributed by atoms with Crippen LogP contribution in [-0.4, -0.2) is 38.4 Å². The number of benzene rings is 1. The predicted molar refractivity (Wildman–Crippen MR) is 77.0 cm³/mol. The van der Waals surface area contributed by atoms with Crippen LogP contribution in [0.4, 0.5) is 17.6 Å². The van der Waals surface area contributed by atoms with Gasteiger partial charge < -0.3 is 9.29 Å². The molecule has 1 aliphatic heterocycles. The maximum Gasteiger partial charge on any atom is 0.346 e. The molecular weight excluding hydrogens is 436 g/mol. The molecule has 2 bridgehead atoms. The average molecular weight is 445 g/mol. The third kappa shape index (κ3) is 2.51. The van der Waals surface area contributed by atoms with Crippen molar-refractivity contribution in [2.24, 2.45) is 11.8 Å². The largest absolute Gasteiger partial charge is 0.744 e. The summed E-state index contributed by atoms with van der Waals surface area (Å²) in [7, 11) is -10.1. The molecular formula is C14H9F4O8S2-. The number of fused-ring (bicyclic) bond motifs is 1. The lowest BCUT2D eigenvalue weighted by molar-refractivity contribution is -0.154. The molecule has 8 nitrogen and oxygen atoms in total. The number of carbonyl (C=O) groups excluding carboxylic acids is 1. The van der Waals surface area contributed by atoms with Gasteiger partial charge in [0.1, 0.15) is 20.6 Å². The zero-order valence-corrected chi connectivity index (χ0v) is 15.1. The molecule has 0 aromatic heterocycles. The second-order valence-electron chi connectivity index (χ2n) is 6.88. The molecule has 3 fully saturated rings. The summed E-state index contributed by atoms with van der Waals surface area (Å²) in [4.78, 5) is 9.82. The maximum atomic E-state index is 14.1. The Bertz CT molecular complexity index is 1100. The molecule has 154 valence electrons. The maximum absolute atomic E-state index is 14.1. The zero-order valence-electron chi connectivity index (χ0n) is 13.4. The Kier molecular flexibility index (Phi) is 3.94. The highest BCUT2D eigenvalue weighted by Crippen LogP contribution is 2.61. The van der Waals surface area contributed by atoms with Crippen LogP contribution in [0.1, 0.15) is 29.6 Å². The first-order valence-electron chi connectivity index (χ1n) is 7.78. The molecule has 1 heterocycles. The fourth-order valence-corrected chi connectivity index (χ4v) is 6.90. The molecule has 1 saturated heterocycles. The second-order valence-corrected chi connectivity index (χ2v) is 9.95. The Hall–Kier alpha value is -1.77. The van der Waals surface area contributed by atoms with Crippen molar-refractivity contribution >= 4 is 26.2 Å². The number of ether oxygens (including phenoxy) is 1. The lowest BCUT2D eigenvalue weighted by Gasteiger charge is -2.29. The van der Waals surface area contributed by atoms with E-state index in [9.17, 15) is 43.7 Å².